The van der Waals surface area contributed by atoms with Crippen molar-refractivity contribution in [2.24, 2.45) is 5.73 Å². The summed E-state index contributed by atoms with van der Waals surface area (Å²) in [6, 6.07) is -1.39. The van der Waals surface area contributed by atoms with Crippen molar-refractivity contribution in [1.29, 1.82) is 0 Å². The van der Waals surface area contributed by atoms with E-state index in [1.165, 1.54) is 4.90 Å². The molecule has 0 saturated carbocycles. The number of primary amides is 1. The summed E-state index contributed by atoms with van der Waals surface area (Å²) in [5.74, 6) is -1.14. The fourth-order valence-electron chi connectivity index (χ4n) is 2.49. The molecular formula is C11H18N4O4. The van der Waals surface area contributed by atoms with Crippen LogP contribution in [-0.2, 0) is 19.1 Å². The molecule has 2 aliphatic rings. The SMILES string of the molecule is CNCC(=O)N[C@H]1COC2CCC(C(N)=O)N2C1=O. The number of amides is 3. The topological polar surface area (TPSA) is 114 Å². The largest absolute Gasteiger partial charge is 0.368 e. The summed E-state index contributed by atoms with van der Waals surface area (Å²) in [6.45, 7) is 0.243. The third-order valence-electron chi connectivity index (χ3n) is 3.34. The Morgan fingerprint density at radius 2 is 2.21 bits per heavy atom. The first-order valence-corrected chi connectivity index (χ1v) is 6.21. The number of rotatable bonds is 4. The monoisotopic (exact) mass is 270 g/mol. The van der Waals surface area contributed by atoms with Crippen LogP contribution in [0.3, 0.4) is 0 Å². The van der Waals surface area contributed by atoms with Gasteiger partial charge >= 0.3 is 0 Å². The number of ether oxygens (including phenoxy) is 1. The second-order valence-electron chi connectivity index (χ2n) is 4.68. The number of hydrogen-bond acceptors (Lipinski definition) is 5. The Hall–Kier alpha value is -1.67. The van der Waals surface area contributed by atoms with Crippen LogP contribution in [0.15, 0.2) is 0 Å². The lowest BCUT2D eigenvalue weighted by Crippen LogP contribution is -2.61. The minimum absolute atomic E-state index is 0.118. The van der Waals surface area contributed by atoms with Gasteiger partial charge in [-0.2, -0.15) is 0 Å². The number of fused-ring (bicyclic) bond motifs is 1. The first kappa shape index (κ1) is 13.8. The molecule has 2 rings (SSSR count). The Bertz CT molecular complexity index is 400. The maximum absolute atomic E-state index is 12.3. The quantitative estimate of drug-likeness (QED) is 0.523. The molecule has 3 amide bonds. The van der Waals surface area contributed by atoms with Gasteiger partial charge in [-0.05, 0) is 19.9 Å². The zero-order chi connectivity index (χ0) is 14.0. The molecule has 0 radical (unpaired) electrons. The molecule has 2 saturated heterocycles. The Kier molecular flexibility index (Phi) is 4.01. The molecule has 3 atom stereocenters. The Morgan fingerprint density at radius 1 is 1.47 bits per heavy atom. The molecule has 8 heteroatoms. The Balaban J connectivity index is 2.04. The molecule has 2 heterocycles. The summed E-state index contributed by atoms with van der Waals surface area (Å²) >= 11 is 0. The highest BCUT2D eigenvalue weighted by Crippen LogP contribution is 2.28. The van der Waals surface area contributed by atoms with Crippen LogP contribution in [0.5, 0.6) is 0 Å². The molecule has 2 unspecified atom stereocenters. The van der Waals surface area contributed by atoms with Crippen molar-refractivity contribution in [2.75, 3.05) is 20.2 Å². The molecule has 0 aromatic rings. The summed E-state index contributed by atoms with van der Waals surface area (Å²) < 4.78 is 5.51. The van der Waals surface area contributed by atoms with Gasteiger partial charge in [0.05, 0.1) is 13.2 Å². The smallest absolute Gasteiger partial charge is 0.250 e. The van der Waals surface area contributed by atoms with Gasteiger partial charge in [0.25, 0.3) is 0 Å². The zero-order valence-electron chi connectivity index (χ0n) is 10.7. The predicted molar refractivity (Wildman–Crippen MR) is 64.7 cm³/mol. The molecule has 0 bridgehead atoms. The van der Waals surface area contributed by atoms with Crippen molar-refractivity contribution < 1.29 is 19.1 Å². The lowest BCUT2D eigenvalue weighted by Gasteiger charge is -2.37. The van der Waals surface area contributed by atoms with Crippen LogP contribution in [0.4, 0.5) is 0 Å². The highest BCUT2D eigenvalue weighted by molar-refractivity contribution is 5.93. The van der Waals surface area contributed by atoms with E-state index in [4.69, 9.17) is 10.5 Å². The molecule has 0 aliphatic carbocycles. The third-order valence-corrected chi connectivity index (χ3v) is 3.34. The predicted octanol–water partition coefficient (Wildman–Crippen LogP) is -2.48. The summed E-state index contributed by atoms with van der Waals surface area (Å²) in [6.07, 6.45) is 0.696. The van der Waals surface area contributed by atoms with E-state index in [1.54, 1.807) is 7.05 Å². The van der Waals surface area contributed by atoms with Crippen molar-refractivity contribution in [3.8, 4) is 0 Å². The minimum atomic E-state index is -0.753. The van der Waals surface area contributed by atoms with Gasteiger partial charge in [-0.15, -0.1) is 0 Å². The third kappa shape index (κ3) is 2.69. The minimum Gasteiger partial charge on any atom is -0.368 e. The van der Waals surface area contributed by atoms with Crippen molar-refractivity contribution >= 4 is 17.7 Å². The highest BCUT2D eigenvalue weighted by atomic mass is 16.5. The molecule has 2 aliphatic heterocycles. The Labute approximate surface area is 110 Å². The zero-order valence-corrected chi connectivity index (χ0v) is 10.7. The lowest BCUT2D eigenvalue weighted by molar-refractivity contribution is -0.166. The van der Waals surface area contributed by atoms with E-state index in [1.807, 2.05) is 0 Å². The standard InChI is InChI=1S/C11H18N4O4/c1-13-4-8(16)14-6-5-19-9-3-2-7(10(12)17)15(9)11(6)18/h6-7,9,13H,2-5H2,1H3,(H2,12,17)(H,14,16)/t6-,7?,9?/m0/s1. The van der Waals surface area contributed by atoms with Crippen molar-refractivity contribution in [3.63, 3.8) is 0 Å². The van der Waals surface area contributed by atoms with E-state index >= 15 is 0 Å². The van der Waals surface area contributed by atoms with E-state index in [2.05, 4.69) is 10.6 Å². The molecule has 2 fully saturated rings. The number of carbonyl (C=O) groups excluding carboxylic acids is 3. The second-order valence-corrected chi connectivity index (χ2v) is 4.68. The van der Waals surface area contributed by atoms with E-state index < -0.39 is 24.2 Å². The average molecular weight is 270 g/mol. The van der Waals surface area contributed by atoms with Gasteiger partial charge in [-0.1, -0.05) is 0 Å². The molecule has 0 aromatic heterocycles. The van der Waals surface area contributed by atoms with Crippen LogP contribution in [0.25, 0.3) is 0 Å². The van der Waals surface area contributed by atoms with Crippen LogP contribution in [0, 0.1) is 0 Å². The number of nitrogens with two attached hydrogens (primary N) is 1. The number of carbonyl (C=O) groups is 3. The molecule has 106 valence electrons. The maximum Gasteiger partial charge on any atom is 0.250 e. The number of nitrogens with zero attached hydrogens (tertiary/aromatic N) is 1. The van der Waals surface area contributed by atoms with Gasteiger partial charge in [0.15, 0.2) is 0 Å². The van der Waals surface area contributed by atoms with Gasteiger partial charge in [-0.25, -0.2) is 0 Å². The van der Waals surface area contributed by atoms with Crippen LogP contribution in [0.2, 0.25) is 0 Å². The van der Waals surface area contributed by atoms with Crippen molar-refractivity contribution in [1.82, 2.24) is 15.5 Å². The molecule has 4 N–H and O–H groups in total. The van der Waals surface area contributed by atoms with Crippen LogP contribution < -0.4 is 16.4 Å². The summed E-state index contributed by atoms with van der Waals surface area (Å²) in [5.41, 5.74) is 5.28. The van der Waals surface area contributed by atoms with Gasteiger partial charge in [0.1, 0.15) is 18.3 Å². The summed E-state index contributed by atoms with van der Waals surface area (Å²) in [4.78, 5) is 36.4. The van der Waals surface area contributed by atoms with Crippen LogP contribution in [0.1, 0.15) is 12.8 Å². The first-order chi connectivity index (χ1) is 9.04. The highest BCUT2D eigenvalue weighted by Gasteiger charge is 2.46. The summed E-state index contributed by atoms with van der Waals surface area (Å²) in [7, 11) is 1.64. The molecule has 0 spiro atoms. The number of nitrogens with one attached hydrogen (secondary N) is 2. The van der Waals surface area contributed by atoms with E-state index in [0.717, 1.165) is 0 Å². The van der Waals surface area contributed by atoms with E-state index in [-0.39, 0.29) is 25.0 Å². The fourth-order valence-corrected chi connectivity index (χ4v) is 2.49. The summed E-state index contributed by atoms with van der Waals surface area (Å²) in [5, 5.41) is 5.27. The Morgan fingerprint density at radius 3 is 2.84 bits per heavy atom. The van der Waals surface area contributed by atoms with E-state index in [0.29, 0.717) is 12.8 Å². The van der Waals surface area contributed by atoms with Gasteiger partial charge in [-0.3, -0.25) is 14.4 Å². The fraction of sp³-hybridized carbons (Fsp3) is 0.727. The molecule has 0 aromatic carbocycles. The molecular weight excluding hydrogens is 252 g/mol. The first-order valence-electron chi connectivity index (χ1n) is 6.21. The lowest BCUT2D eigenvalue weighted by atomic mass is 10.2. The van der Waals surface area contributed by atoms with Crippen molar-refractivity contribution in [2.45, 2.75) is 31.2 Å². The van der Waals surface area contributed by atoms with Gasteiger partial charge in [0, 0.05) is 0 Å². The second kappa shape index (κ2) is 5.54. The normalized spacial score (nSPS) is 30.1. The van der Waals surface area contributed by atoms with Crippen LogP contribution in [-0.4, -0.2) is 61.1 Å². The molecule has 19 heavy (non-hydrogen) atoms. The van der Waals surface area contributed by atoms with Crippen LogP contribution >= 0.6 is 0 Å². The molecule has 8 nitrogen and oxygen atoms in total. The number of likely N-dealkylation sites (N-methyl/N-ethyl adjacent to an activating group) is 1. The van der Waals surface area contributed by atoms with Crippen molar-refractivity contribution in [3.05, 3.63) is 0 Å². The maximum atomic E-state index is 12.3. The van der Waals surface area contributed by atoms with Gasteiger partial charge < -0.3 is 26.0 Å². The van der Waals surface area contributed by atoms with E-state index in [9.17, 15) is 14.4 Å². The van der Waals surface area contributed by atoms with Gasteiger partial charge in [0.2, 0.25) is 17.7 Å². The average Bonchev–Trinajstić information content (AvgIpc) is 2.78. The number of hydrogen-bond donors (Lipinski definition) is 3.